The number of carbonyl (C=O) groups is 2. The molecule has 1 aliphatic carbocycles. The lowest BCUT2D eigenvalue weighted by molar-refractivity contribution is -0.144. The highest BCUT2D eigenvalue weighted by Gasteiger charge is 2.55. The number of nitrogens with zero attached hydrogens (tertiary/aromatic N) is 2. The van der Waals surface area contributed by atoms with Gasteiger partial charge in [-0.05, 0) is 31.2 Å². The Bertz CT molecular complexity index is 596. The maximum atomic E-state index is 13.0. The van der Waals surface area contributed by atoms with Crippen molar-refractivity contribution in [3.8, 4) is 0 Å². The van der Waals surface area contributed by atoms with E-state index < -0.39 is 11.5 Å². The topological polar surface area (TPSA) is 49.9 Å². The zero-order chi connectivity index (χ0) is 16.3. The van der Waals surface area contributed by atoms with Gasteiger partial charge in [-0.3, -0.25) is 4.79 Å². The quantitative estimate of drug-likeness (QED) is 0.620. The number of hydrogen-bond acceptors (Lipinski definition) is 3. The second-order valence-corrected chi connectivity index (χ2v) is 6.04. The fourth-order valence-electron chi connectivity index (χ4n) is 3.07. The Hall–Kier alpha value is -2.30. The predicted octanol–water partition coefficient (Wildman–Crippen LogP) is 2.88. The number of amides is 2. The van der Waals surface area contributed by atoms with E-state index in [9.17, 15) is 9.59 Å². The molecule has 1 aromatic rings. The van der Waals surface area contributed by atoms with E-state index >= 15 is 0 Å². The summed E-state index contributed by atoms with van der Waals surface area (Å²) >= 11 is 0. The summed E-state index contributed by atoms with van der Waals surface area (Å²) in [6.45, 7) is 5.00. The maximum absolute atomic E-state index is 13.0. The second-order valence-electron chi connectivity index (χ2n) is 6.04. The van der Waals surface area contributed by atoms with Crippen molar-refractivity contribution in [1.82, 2.24) is 10.0 Å². The highest BCUT2D eigenvalue weighted by molar-refractivity contribution is 5.92. The fourth-order valence-corrected chi connectivity index (χ4v) is 3.07. The molecule has 1 aromatic carbocycles. The van der Waals surface area contributed by atoms with Crippen LogP contribution in [0.1, 0.15) is 31.2 Å². The van der Waals surface area contributed by atoms with E-state index in [0.717, 1.165) is 24.8 Å². The van der Waals surface area contributed by atoms with Crippen LogP contribution in [0.5, 0.6) is 0 Å². The van der Waals surface area contributed by atoms with E-state index in [2.05, 4.69) is 6.58 Å². The smallest absolute Gasteiger partial charge is 0.428 e. The Labute approximate surface area is 136 Å². The van der Waals surface area contributed by atoms with Crippen LogP contribution in [0.4, 0.5) is 4.79 Å². The molecule has 1 saturated carbocycles. The molecule has 122 valence electrons. The van der Waals surface area contributed by atoms with Crippen molar-refractivity contribution < 1.29 is 14.3 Å². The largest absolute Gasteiger partial charge is 0.448 e. The summed E-state index contributed by atoms with van der Waals surface area (Å²) in [6, 6.07) is 9.84. The lowest BCUT2D eigenvalue weighted by Crippen LogP contribution is -2.49. The first-order valence-electron chi connectivity index (χ1n) is 8.12. The molecule has 1 saturated heterocycles. The van der Waals surface area contributed by atoms with Crippen molar-refractivity contribution in [3.05, 3.63) is 48.6 Å². The van der Waals surface area contributed by atoms with Crippen LogP contribution in [-0.4, -0.2) is 41.7 Å². The van der Waals surface area contributed by atoms with Crippen LogP contribution in [0, 0.1) is 0 Å². The average molecular weight is 314 g/mol. The van der Waals surface area contributed by atoms with Gasteiger partial charge in [0.25, 0.3) is 5.91 Å². The number of rotatable bonds is 5. The van der Waals surface area contributed by atoms with Gasteiger partial charge in [-0.1, -0.05) is 36.4 Å². The third-order valence-corrected chi connectivity index (χ3v) is 4.51. The molecule has 23 heavy (non-hydrogen) atoms. The average Bonchev–Trinajstić information content (AvgIpc) is 3.25. The first-order chi connectivity index (χ1) is 11.2. The van der Waals surface area contributed by atoms with E-state index in [0.29, 0.717) is 26.1 Å². The van der Waals surface area contributed by atoms with Gasteiger partial charge >= 0.3 is 6.09 Å². The van der Waals surface area contributed by atoms with E-state index in [1.54, 1.807) is 11.1 Å². The molecule has 2 amide bonds. The van der Waals surface area contributed by atoms with Crippen molar-refractivity contribution >= 4 is 12.0 Å². The van der Waals surface area contributed by atoms with E-state index in [4.69, 9.17) is 4.74 Å². The van der Waals surface area contributed by atoms with Crippen LogP contribution in [0.3, 0.4) is 0 Å². The molecule has 2 aliphatic rings. The first-order valence-corrected chi connectivity index (χ1v) is 8.12. The molecule has 0 spiro atoms. The maximum Gasteiger partial charge on any atom is 0.428 e. The molecule has 0 N–H and O–H groups in total. The fraction of sp³-hybridized carbons (Fsp3) is 0.444. The molecule has 0 aromatic heterocycles. The Balaban J connectivity index is 1.71. The number of benzene rings is 1. The van der Waals surface area contributed by atoms with Crippen molar-refractivity contribution in [2.45, 2.75) is 31.1 Å². The van der Waals surface area contributed by atoms with Gasteiger partial charge in [-0.15, -0.1) is 6.58 Å². The monoisotopic (exact) mass is 314 g/mol. The van der Waals surface area contributed by atoms with Gasteiger partial charge < -0.3 is 4.74 Å². The van der Waals surface area contributed by atoms with Gasteiger partial charge in [0, 0.05) is 13.1 Å². The number of carbonyl (C=O) groups excluding carboxylic acids is 2. The molecule has 1 heterocycles. The summed E-state index contributed by atoms with van der Waals surface area (Å²) in [7, 11) is 0. The molecule has 0 atom stereocenters. The van der Waals surface area contributed by atoms with Gasteiger partial charge in [0.1, 0.15) is 0 Å². The van der Waals surface area contributed by atoms with Crippen LogP contribution in [0.25, 0.3) is 0 Å². The SMILES string of the molecule is C=CCCOC(=O)N1CCCN1C(=O)C1(c2ccccc2)CC1. The van der Waals surface area contributed by atoms with Crippen molar-refractivity contribution in [3.63, 3.8) is 0 Å². The highest BCUT2D eigenvalue weighted by Crippen LogP contribution is 2.50. The first kappa shape index (κ1) is 15.6. The van der Waals surface area contributed by atoms with Crippen LogP contribution in [0.2, 0.25) is 0 Å². The predicted molar refractivity (Wildman–Crippen MR) is 86.6 cm³/mol. The van der Waals surface area contributed by atoms with Gasteiger partial charge in [-0.2, -0.15) is 0 Å². The minimum atomic E-state index is -0.453. The van der Waals surface area contributed by atoms with Gasteiger partial charge in [0.15, 0.2) is 0 Å². The molecule has 5 heteroatoms. The Morgan fingerprint density at radius 1 is 1.17 bits per heavy atom. The zero-order valence-electron chi connectivity index (χ0n) is 13.2. The van der Waals surface area contributed by atoms with Gasteiger partial charge in [0.05, 0.1) is 12.0 Å². The molecular weight excluding hydrogens is 292 g/mol. The lowest BCUT2D eigenvalue weighted by atomic mass is 9.95. The highest BCUT2D eigenvalue weighted by atomic mass is 16.6. The van der Waals surface area contributed by atoms with Crippen LogP contribution < -0.4 is 0 Å². The number of hydrogen-bond donors (Lipinski definition) is 0. The van der Waals surface area contributed by atoms with Crippen molar-refractivity contribution in [2.75, 3.05) is 19.7 Å². The minimum absolute atomic E-state index is 0.0156. The third kappa shape index (κ3) is 2.96. The lowest BCUT2D eigenvalue weighted by Gasteiger charge is -2.30. The molecule has 2 fully saturated rings. The molecule has 5 nitrogen and oxygen atoms in total. The Morgan fingerprint density at radius 3 is 2.52 bits per heavy atom. The Kier molecular flexibility index (Phi) is 4.37. The second kappa shape index (κ2) is 6.44. The van der Waals surface area contributed by atoms with Crippen LogP contribution >= 0.6 is 0 Å². The van der Waals surface area contributed by atoms with Crippen molar-refractivity contribution in [2.24, 2.45) is 0 Å². The molecule has 3 rings (SSSR count). The van der Waals surface area contributed by atoms with Crippen LogP contribution in [0.15, 0.2) is 43.0 Å². The Morgan fingerprint density at radius 2 is 1.87 bits per heavy atom. The van der Waals surface area contributed by atoms with Crippen molar-refractivity contribution in [1.29, 1.82) is 0 Å². The van der Waals surface area contributed by atoms with E-state index in [-0.39, 0.29) is 5.91 Å². The van der Waals surface area contributed by atoms with E-state index in [1.807, 2.05) is 30.3 Å². The van der Waals surface area contributed by atoms with Gasteiger partial charge in [-0.25, -0.2) is 14.8 Å². The summed E-state index contributed by atoms with van der Waals surface area (Å²) in [5, 5.41) is 3.03. The summed E-state index contributed by atoms with van der Waals surface area (Å²) in [5.41, 5.74) is 0.586. The summed E-state index contributed by atoms with van der Waals surface area (Å²) in [5.74, 6) is 0.0156. The number of hydrazine groups is 1. The van der Waals surface area contributed by atoms with E-state index in [1.165, 1.54) is 5.01 Å². The molecule has 0 radical (unpaired) electrons. The standard InChI is InChI=1S/C18H22N2O3/c1-2-3-14-23-17(22)20-13-7-12-19(20)16(21)18(10-11-18)15-8-5-4-6-9-15/h2,4-6,8-9H,1,3,7,10-14H2. The summed E-state index contributed by atoms with van der Waals surface area (Å²) < 4.78 is 5.21. The van der Waals surface area contributed by atoms with Crippen LogP contribution in [-0.2, 0) is 14.9 Å². The zero-order valence-corrected chi connectivity index (χ0v) is 13.2. The van der Waals surface area contributed by atoms with Gasteiger partial charge in [0.2, 0.25) is 0 Å². The third-order valence-electron chi connectivity index (χ3n) is 4.51. The molecule has 0 bridgehead atoms. The molecule has 1 aliphatic heterocycles. The number of ether oxygens (including phenoxy) is 1. The summed E-state index contributed by atoms with van der Waals surface area (Å²) in [4.78, 5) is 25.2. The molecule has 0 unspecified atom stereocenters. The summed E-state index contributed by atoms with van der Waals surface area (Å²) in [6.07, 6.45) is 4.34. The molecular formula is C18H22N2O3. The normalized spacial score (nSPS) is 18.6. The minimum Gasteiger partial charge on any atom is -0.448 e.